The van der Waals surface area contributed by atoms with Gasteiger partial charge in [0.2, 0.25) is 0 Å². The van der Waals surface area contributed by atoms with Gasteiger partial charge in [0.05, 0.1) is 11.1 Å². The minimum Gasteiger partial charge on any atom is -0.478 e. The zero-order chi connectivity index (χ0) is 10.6. The largest absolute Gasteiger partial charge is 0.478 e. The molecule has 0 heterocycles. The third kappa shape index (κ3) is 3.11. The van der Waals surface area contributed by atoms with Crippen molar-refractivity contribution in [3.05, 3.63) is 41.1 Å². The van der Waals surface area contributed by atoms with Crippen LogP contribution in [0.2, 0.25) is 5.02 Å². The minimum atomic E-state index is -1.05. The molecule has 0 aliphatic heterocycles. The molecule has 0 spiro atoms. The van der Waals surface area contributed by atoms with Crippen LogP contribution in [0, 0.1) is 0 Å². The Labute approximate surface area is 86.6 Å². The van der Waals surface area contributed by atoms with Gasteiger partial charge in [0.25, 0.3) is 0 Å². The fourth-order valence-corrected chi connectivity index (χ4v) is 1.08. The molecule has 1 aromatic rings. The average Bonchev–Trinajstić information content (AvgIpc) is 2.07. The SMILES string of the molecule is C/C(=C\C(=O)O)Oc1ccccc1Cl. The third-order valence-corrected chi connectivity index (χ3v) is 1.75. The van der Waals surface area contributed by atoms with Crippen LogP contribution in [-0.2, 0) is 4.79 Å². The zero-order valence-corrected chi connectivity index (χ0v) is 8.28. The molecule has 1 aromatic carbocycles. The van der Waals surface area contributed by atoms with Crippen molar-refractivity contribution in [3.8, 4) is 5.75 Å². The summed E-state index contributed by atoms with van der Waals surface area (Å²) in [6.45, 7) is 1.55. The monoisotopic (exact) mass is 212 g/mol. The van der Waals surface area contributed by atoms with Crippen molar-refractivity contribution in [1.29, 1.82) is 0 Å². The molecule has 0 aliphatic rings. The second kappa shape index (κ2) is 4.67. The lowest BCUT2D eigenvalue weighted by Crippen LogP contribution is -1.96. The highest BCUT2D eigenvalue weighted by molar-refractivity contribution is 6.32. The summed E-state index contributed by atoms with van der Waals surface area (Å²) in [5.41, 5.74) is 0. The molecule has 0 atom stereocenters. The summed E-state index contributed by atoms with van der Waals surface area (Å²) in [5.74, 6) is -0.315. The lowest BCUT2D eigenvalue weighted by Gasteiger charge is -2.06. The maximum atomic E-state index is 10.3. The van der Waals surface area contributed by atoms with E-state index in [9.17, 15) is 4.79 Å². The molecular weight excluding hydrogens is 204 g/mol. The molecule has 0 saturated heterocycles. The van der Waals surface area contributed by atoms with Gasteiger partial charge in [-0.3, -0.25) is 0 Å². The lowest BCUT2D eigenvalue weighted by atomic mass is 10.3. The quantitative estimate of drug-likeness (QED) is 0.619. The van der Waals surface area contributed by atoms with Gasteiger partial charge in [-0.25, -0.2) is 4.79 Å². The molecule has 0 aliphatic carbocycles. The molecule has 74 valence electrons. The van der Waals surface area contributed by atoms with Crippen molar-refractivity contribution >= 4 is 17.6 Å². The molecule has 0 bridgehead atoms. The zero-order valence-electron chi connectivity index (χ0n) is 7.53. The minimum absolute atomic E-state index is 0.283. The number of benzene rings is 1. The number of para-hydroxylation sites is 1. The van der Waals surface area contributed by atoms with E-state index in [0.29, 0.717) is 10.8 Å². The van der Waals surface area contributed by atoms with Crippen molar-refractivity contribution in [2.45, 2.75) is 6.92 Å². The van der Waals surface area contributed by atoms with Crippen LogP contribution in [-0.4, -0.2) is 11.1 Å². The Balaban J connectivity index is 2.79. The highest BCUT2D eigenvalue weighted by Gasteiger charge is 2.01. The summed E-state index contributed by atoms with van der Waals surface area (Å²) >= 11 is 5.81. The molecule has 0 aromatic heterocycles. The van der Waals surface area contributed by atoms with Gasteiger partial charge in [-0.15, -0.1) is 0 Å². The first kappa shape index (κ1) is 10.6. The van der Waals surface area contributed by atoms with E-state index in [-0.39, 0.29) is 5.76 Å². The van der Waals surface area contributed by atoms with Gasteiger partial charge in [-0.1, -0.05) is 23.7 Å². The molecule has 0 radical (unpaired) electrons. The Morgan fingerprint density at radius 1 is 1.50 bits per heavy atom. The molecule has 4 heteroatoms. The number of carboxylic acids is 1. The predicted octanol–water partition coefficient (Wildman–Crippen LogP) is 2.71. The first-order valence-electron chi connectivity index (χ1n) is 3.93. The standard InChI is InChI=1S/C10H9ClO3/c1-7(6-10(12)13)14-9-5-3-2-4-8(9)11/h2-6H,1H3,(H,12,13)/b7-6+. The van der Waals surface area contributed by atoms with E-state index in [0.717, 1.165) is 6.08 Å². The van der Waals surface area contributed by atoms with E-state index >= 15 is 0 Å². The van der Waals surface area contributed by atoms with Crippen molar-refractivity contribution < 1.29 is 14.6 Å². The van der Waals surface area contributed by atoms with E-state index in [1.54, 1.807) is 31.2 Å². The molecule has 0 amide bonds. The van der Waals surface area contributed by atoms with E-state index in [4.69, 9.17) is 21.4 Å². The lowest BCUT2D eigenvalue weighted by molar-refractivity contribution is -0.131. The highest BCUT2D eigenvalue weighted by Crippen LogP contribution is 2.24. The Bertz CT molecular complexity index is 371. The fourth-order valence-electron chi connectivity index (χ4n) is 0.904. The number of aliphatic carboxylic acids is 1. The van der Waals surface area contributed by atoms with Crippen LogP contribution in [0.25, 0.3) is 0 Å². The van der Waals surface area contributed by atoms with Gasteiger partial charge in [-0.05, 0) is 19.1 Å². The molecule has 0 unspecified atom stereocenters. The second-order valence-electron chi connectivity index (χ2n) is 2.63. The predicted molar refractivity (Wildman–Crippen MR) is 53.5 cm³/mol. The topological polar surface area (TPSA) is 46.5 Å². The summed E-state index contributed by atoms with van der Waals surface area (Å²) in [6, 6.07) is 6.87. The van der Waals surface area contributed by atoms with Crippen LogP contribution in [0.15, 0.2) is 36.1 Å². The number of rotatable bonds is 3. The summed E-state index contributed by atoms with van der Waals surface area (Å²) in [6.07, 6.45) is 0.976. The van der Waals surface area contributed by atoms with E-state index < -0.39 is 5.97 Å². The Morgan fingerprint density at radius 3 is 2.71 bits per heavy atom. The van der Waals surface area contributed by atoms with Crippen molar-refractivity contribution in [2.24, 2.45) is 0 Å². The summed E-state index contributed by atoms with van der Waals surface area (Å²) in [7, 11) is 0. The first-order valence-corrected chi connectivity index (χ1v) is 4.31. The van der Waals surface area contributed by atoms with Gasteiger partial charge in [-0.2, -0.15) is 0 Å². The molecular formula is C10H9ClO3. The van der Waals surface area contributed by atoms with Crippen LogP contribution in [0.5, 0.6) is 5.75 Å². The normalized spacial score (nSPS) is 11.1. The summed E-state index contributed by atoms with van der Waals surface area (Å²) in [4.78, 5) is 10.3. The Morgan fingerprint density at radius 2 is 2.14 bits per heavy atom. The maximum Gasteiger partial charge on any atom is 0.331 e. The van der Waals surface area contributed by atoms with E-state index in [1.165, 1.54) is 0 Å². The van der Waals surface area contributed by atoms with Crippen LogP contribution in [0.3, 0.4) is 0 Å². The molecule has 1 N–H and O–H groups in total. The van der Waals surface area contributed by atoms with Crippen molar-refractivity contribution in [3.63, 3.8) is 0 Å². The summed E-state index contributed by atoms with van der Waals surface area (Å²) in [5, 5.41) is 8.89. The fraction of sp³-hybridized carbons (Fsp3) is 0.100. The summed E-state index contributed by atoms with van der Waals surface area (Å²) < 4.78 is 5.20. The first-order chi connectivity index (χ1) is 6.59. The van der Waals surface area contributed by atoms with Crippen LogP contribution in [0.4, 0.5) is 0 Å². The molecule has 14 heavy (non-hydrogen) atoms. The number of allylic oxidation sites excluding steroid dienone is 1. The number of halogens is 1. The number of ether oxygens (including phenoxy) is 1. The third-order valence-electron chi connectivity index (χ3n) is 1.43. The van der Waals surface area contributed by atoms with Gasteiger partial charge < -0.3 is 9.84 Å². The molecule has 0 saturated carbocycles. The Kier molecular flexibility index (Phi) is 3.54. The van der Waals surface area contributed by atoms with Gasteiger partial charge >= 0.3 is 5.97 Å². The van der Waals surface area contributed by atoms with E-state index in [1.807, 2.05) is 0 Å². The van der Waals surface area contributed by atoms with Gasteiger partial charge in [0.1, 0.15) is 11.5 Å². The number of carboxylic acid groups (broad SMARTS) is 1. The van der Waals surface area contributed by atoms with Gasteiger partial charge in [0, 0.05) is 0 Å². The Hall–Kier alpha value is -1.48. The van der Waals surface area contributed by atoms with Crippen LogP contribution in [0.1, 0.15) is 6.92 Å². The van der Waals surface area contributed by atoms with Crippen molar-refractivity contribution in [2.75, 3.05) is 0 Å². The second-order valence-corrected chi connectivity index (χ2v) is 3.03. The molecule has 3 nitrogen and oxygen atoms in total. The molecule has 1 rings (SSSR count). The van der Waals surface area contributed by atoms with E-state index in [2.05, 4.69) is 0 Å². The van der Waals surface area contributed by atoms with Crippen molar-refractivity contribution in [1.82, 2.24) is 0 Å². The average molecular weight is 213 g/mol. The molecule has 0 fully saturated rings. The number of hydrogen-bond donors (Lipinski definition) is 1. The number of carbonyl (C=O) groups is 1. The van der Waals surface area contributed by atoms with Crippen LogP contribution >= 0.6 is 11.6 Å². The smallest absolute Gasteiger partial charge is 0.331 e. The highest BCUT2D eigenvalue weighted by atomic mass is 35.5. The maximum absolute atomic E-state index is 10.3. The number of hydrogen-bond acceptors (Lipinski definition) is 2. The van der Waals surface area contributed by atoms with Crippen LogP contribution < -0.4 is 4.74 Å². The van der Waals surface area contributed by atoms with Gasteiger partial charge in [0.15, 0.2) is 0 Å².